The van der Waals surface area contributed by atoms with E-state index in [9.17, 15) is 4.79 Å². The van der Waals surface area contributed by atoms with Crippen LogP contribution >= 0.6 is 0 Å². The molecule has 0 radical (unpaired) electrons. The van der Waals surface area contributed by atoms with Gasteiger partial charge in [-0.25, -0.2) is 0 Å². The first kappa shape index (κ1) is 14.0. The predicted octanol–water partition coefficient (Wildman–Crippen LogP) is 1.04. The van der Waals surface area contributed by atoms with Gasteiger partial charge in [0.1, 0.15) is 0 Å². The second-order valence-electron chi connectivity index (χ2n) is 4.98. The summed E-state index contributed by atoms with van der Waals surface area (Å²) in [7, 11) is 1.85. The summed E-state index contributed by atoms with van der Waals surface area (Å²) in [5.74, 6) is 0.571. The minimum atomic E-state index is 0.0311. The van der Waals surface area contributed by atoms with Gasteiger partial charge in [0.2, 0.25) is 0 Å². The Kier molecular flexibility index (Phi) is 4.87. The number of ether oxygens (including phenoxy) is 1. The second kappa shape index (κ2) is 6.63. The third-order valence-electron chi connectivity index (χ3n) is 3.49. The van der Waals surface area contributed by atoms with Gasteiger partial charge in [0.05, 0.1) is 5.69 Å². The maximum absolute atomic E-state index is 12.3. The Morgan fingerprint density at radius 2 is 2.26 bits per heavy atom. The van der Waals surface area contributed by atoms with Crippen molar-refractivity contribution in [1.29, 1.82) is 0 Å². The van der Waals surface area contributed by atoms with Gasteiger partial charge in [-0.3, -0.25) is 9.78 Å². The zero-order valence-corrected chi connectivity index (χ0v) is 11.3. The molecule has 1 aromatic rings. The predicted molar refractivity (Wildman–Crippen MR) is 72.6 cm³/mol. The Morgan fingerprint density at radius 3 is 2.95 bits per heavy atom. The molecule has 0 atom stereocenters. The van der Waals surface area contributed by atoms with Gasteiger partial charge in [-0.15, -0.1) is 0 Å². The number of hydrogen-bond donors (Lipinski definition) is 1. The summed E-state index contributed by atoms with van der Waals surface area (Å²) in [4.78, 5) is 18.2. The third-order valence-corrected chi connectivity index (χ3v) is 3.49. The average Bonchev–Trinajstić information content (AvgIpc) is 2.47. The number of nitrogens with zero attached hydrogens (tertiary/aromatic N) is 2. The number of amides is 1. The summed E-state index contributed by atoms with van der Waals surface area (Å²) < 4.78 is 5.33. The molecule has 0 spiro atoms. The fraction of sp³-hybridized carbons (Fsp3) is 0.571. The molecule has 19 heavy (non-hydrogen) atoms. The second-order valence-corrected chi connectivity index (χ2v) is 4.98. The Balaban J connectivity index is 1.97. The molecule has 1 aliphatic heterocycles. The van der Waals surface area contributed by atoms with Gasteiger partial charge < -0.3 is 15.4 Å². The molecule has 0 saturated carbocycles. The number of carbonyl (C=O) groups excluding carboxylic acids is 1. The normalized spacial score (nSPS) is 16.3. The van der Waals surface area contributed by atoms with Crippen LogP contribution in [0, 0.1) is 5.92 Å². The van der Waals surface area contributed by atoms with Crippen LogP contribution in [0.5, 0.6) is 0 Å². The smallest absolute Gasteiger partial charge is 0.253 e. The minimum Gasteiger partial charge on any atom is -0.381 e. The fourth-order valence-electron chi connectivity index (χ4n) is 2.34. The molecule has 0 aliphatic carbocycles. The van der Waals surface area contributed by atoms with Gasteiger partial charge in [-0.1, -0.05) is 0 Å². The van der Waals surface area contributed by atoms with Gasteiger partial charge in [-0.2, -0.15) is 0 Å². The summed E-state index contributed by atoms with van der Waals surface area (Å²) in [5.41, 5.74) is 6.94. The van der Waals surface area contributed by atoms with Crippen molar-refractivity contribution in [2.24, 2.45) is 11.7 Å². The van der Waals surface area contributed by atoms with E-state index < -0.39 is 0 Å². The number of carbonyl (C=O) groups is 1. The molecule has 0 bridgehead atoms. The Bertz CT molecular complexity index is 430. The minimum absolute atomic E-state index is 0.0311. The maximum Gasteiger partial charge on any atom is 0.253 e. The Hall–Kier alpha value is -1.46. The Labute approximate surface area is 113 Å². The van der Waals surface area contributed by atoms with Crippen molar-refractivity contribution in [3.63, 3.8) is 0 Å². The van der Waals surface area contributed by atoms with Crippen molar-refractivity contribution in [1.82, 2.24) is 9.88 Å². The molecule has 0 unspecified atom stereocenters. The van der Waals surface area contributed by atoms with E-state index >= 15 is 0 Å². The molecular weight excluding hydrogens is 242 g/mol. The molecule has 1 aliphatic rings. The highest BCUT2D eigenvalue weighted by molar-refractivity contribution is 5.94. The number of nitrogens with two attached hydrogens (primary N) is 1. The van der Waals surface area contributed by atoms with Crippen molar-refractivity contribution < 1.29 is 9.53 Å². The van der Waals surface area contributed by atoms with E-state index in [1.165, 1.54) is 0 Å². The molecule has 2 heterocycles. The van der Waals surface area contributed by atoms with E-state index in [-0.39, 0.29) is 5.91 Å². The van der Waals surface area contributed by atoms with Gasteiger partial charge in [0.25, 0.3) is 5.91 Å². The van der Waals surface area contributed by atoms with Crippen LogP contribution in [0.15, 0.2) is 18.3 Å². The van der Waals surface area contributed by atoms with E-state index in [0.29, 0.717) is 18.0 Å². The Morgan fingerprint density at radius 1 is 1.53 bits per heavy atom. The number of hydrogen-bond acceptors (Lipinski definition) is 4. The van der Waals surface area contributed by atoms with Crippen molar-refractivity contribution in [3.05, 3.63) is 29.6 Å². The van der Waals surface area contributed by atoms with Gasteiger partial charge >= 0.3 is 0 Å². The first-order chi connectivity index (χ1) is 9.20. The highest BCUT2D eigenvalue weighted by atomic mass is 16.5. The molecule has 2 rings (SSSR count). The van der Waals surface area contributed by atoms with Crippen molar-refractivity contribution in [2.45, 2.75) is 19.4 Å². The van der Waals surface area contributed by atoms with Crippen molar-refractivity contribution in [2.75, 3.05) is 26.8 Å². The first-order valence-corrected chi connectivity index (χ1v) is 6.69. The molecule has 2 N–H and O–H groups in total. The SMILES string of the molecule is CN(CC1CCOCC1)C(=O)c1ccnc(CN)c1. The fourth-order valence-corrected chi connectivity index (χ4v) is 2.34. The third kappa shape index (κ3) is 3.75. The molecule has 0 aromatic carbocycles. The molecule has 5 heteroatoms. The first-order valence-electron chi connectivity index (χ1n) is 6.69. The summed E-state index contributed by atoms with van der Waals surface area (Å²) in [5, 5.41) is 0. The van der Waals surface area contributed by atoms with Crippen molar-refractivity contribution in [3.8, 4) is 0 Å². The maximum atomic E-state index is 12.3. The molecule has 1 saturated heterocycles. The van der Waals surface area contributed by atoms with Crippen LogP contribution in [0.1, 0.15) is 28.9 Å². The number of rotatable bonds is 4. The lowest BCUT2D eigenvalue weighted by Crippen LogP contribution is -2.34. The van der Waals surface area contributed by atoms with E-state index in [2.05, 4.69) is 4.98 Å². The van der Waals surface area contributed by atoms with E-state index in [0.717, 1.165) is 38.3 Å². The zero-order chi connectivity index (χ0) is 13.7. The monoisotopic (exact) mass is 263 g/mol. The molecule has 5 nitrogen and oxygen atoms in total. The van der Waals surface area contributed by atoms with Gasteiger partial charge in [0.15, 0.2) is 0 Å². The lowest BCUT2D eigenvalue weighted by molar-refractivity contribution is 0.0497. The molecular formula is C14H21N3O2. The average molecular weight is 263 g/mol. The van der Waals surface area contributed by atoms with Crippen LogP contribution in [0.4, 0.5) is 0 Å². The lowest BCUT2D eigenvalue weighted by atomic mass is 9.99. The van der Waals surface area contributed by atoms with Crippen LogP contribution < -0.4 is 5.73 Å². The number of aromatic nitrogens is 1. The van der Waals surface area contributed by atoms with Crippen molar-refractivity contribution >= 4 is 5.91 Å². The number of pyridine rings is 1. The van der Waals surface area contributed by atoms with Crippen LogP contribution in [0.2, 0.25) is 0 Å². The highest BCUT2D eigenvalue weighted by Crippen LogP contribution is 2.16. The van der Waals surface area contributed by atoms with Crippen LogP contribution in [-0.4, -0.2) is 42.6 Å². The zero-order valence-electron chi connectivity index (χ0n) is 11.3. The molecule has 1 fully saturated rings. The quantitative estimate of drug-likeness (QED) is 0.881. The van der Waals surface area contributed by atoms with E-state index in [1.807, 2.05) is 7.05 Å². The van der Waals surface area contributed by atoms with Crippen LogP contribution in [0.25, 0.3) is 0 Å². The molecule has 1 amide bonds. The molecule has 104 valence electrons. The topological polar surface area (TPSA) is 68.5 Å². The summed E-state index contributed by atoms with van der Waals surface area (Å²) in [6.07, 6.45) is 3.70. The van der Waals surface area contributed by atoms with Crippen LogP contribution in [-0.2, 0) is 11.3 Å². The van der Waals surface area contributed by atoms with E-state index in [1.54, 1.807) is 23.2 Å². The lowest BCUT2D eigenvalue weighted by Gasteiger charge is -2.27. The van der Waals surface area contributed by atoms with Gasteiger partial charge in [0, 0.05) is 45.1 Å². The standard InChI is InChI=1S/C14H21N3O2/c1-17(10-11-3-6-19-7-4-11)14(18)12-2-5-16-13(8-12)9-15/h2,5,8,11H,3-4,6-7,9-10,15H2,1H3. The largest absolute Gasteiger partial charge is 0.381 e. The summed E-state index contributed by atoms with van der Waals surface area (Å²) >= 11 is 0. The van der Waals surface area contributed by atoms with Gasteiger partial charge in [-0.05, 0) is 30.9 Å². The van der Waals surface area contributed by atoms with Crippen LogP contribution in [0.3, 0.4) is 0 Å². The summed E-state index contributed by atoms with van der Waals surface area (Å²) in [6, 6.07) is 3.50. The summed E-state index contributed by atoms with van der Waals surface area (Å²) in [6.45, 7) is 2.74. The molecule has 1 aromatic heterocycles. The van der Waals surface area contributed by atoms with E-state index in [4.69, 9.17) is 10.5 Å². The highest BCUT2D eigenvalue weighted by Gasteiger charge is 2.19.